The molecule has 1 amide bonds. The molecule has 0 spiro atoms. The van der Waals surface area contributed by atoms with Crippen LogP contribution in [0.1, 0.15) is 62.8 Å². The molecule has 0 saturated carbocycles. The Morgan fingerprint density at radius 2 is 1.95 bits per heavy atom. The highest BCUT2D eigenvalue weighted by atomic mass is 32.1. The summed E-state index contributed by atoms with van der Waals surface area (Å²) >= 11 is 1.14. The van der Waals surface area contributed by atoms with E-state index >= 15 is 0 Å². The van der Waals surface area contributed by atoms with E-state index in [0.717, 1.165) is 30.1 Å². The van der Waals surface area contributed by atoms with Crippen LogP contribution in [0.25, 0.3) is 0 Å². The molecule has 0 saturated heterocycles. The van der Waals surface area contributed by atoms with Crippen molar-refractivity contribution >= 4 is 17.4 Å². The van der Waals surface area contributed by atoms with Gasteiger partial charge in [0.1, 0.15) is 4.88 Å². The minimum Gasteiger partial charge on any atom is -0.396 e. The summed E-state index contributed by atoms with van der Waals surface area (Å²) < 4.78 is 3.90. The van der Waals surface area contributed by atoms with Crippen LogP contribution in [0.5, 0.6) is 0 Å². The summed E-state index contributed by atoms with van der Waals surface area (Å²) in [6.45, 7) is 11.0. The first-order chi connectivity index (χ1) is 9.17. The van der Waals surface area contributed by atoms with Crippen molar-refractivity contribution < 1.29 is 9.90 Å². The minimum atomic E-state index is -0.188. The van der Waals surface area contributed by atoms with E-state index in [2.05, 4.69) is 28.8 Å². The molecule has 1 aromatic rings. The monoisotopic (exact) mass is 299 g/mol. The Bertz CT molecular complexity index is 450. The van der Waals surface area contributed by atoms with Crippen LogP contribution in [-0.2, 0) is 5.41 Å². The summed E-state index contributed by atoms with van der Waals surface area (Å²) in [5.41, 5.74) is 0.526. The number of aliphatic hydroxyl groups is 1. The third-order valence-electron chi connectivity index (χ3n) is 3.14. The highest BCUT2D eigenvalue weighted by molar-refractivity contribution is 7.08. The van der Waals surface area contributed by atoms with Crippen molar-refractivity contribution in [1.29, 1.82) is 0 Å². The summed E-state index contributed by atoms with van der Waals surface area (Å²) in [5, 5.41) is 15.9. The van der Waals surface area contributed by atoms with Gasteiger partial charge in [0, 0.05) is 18.6 Å². The summed E-state index contributed by atoms with van der Waals surface area (Å²) in [4.78, 5) is 12.9. The Labute approximate surface area is 125 Å². The molecule has 20 heavy (non-hydrogen) atoms. The zero-order chi connectivity index (χ0) is 15.4. The lowest BCUT2D eigenvalue weighted by Crippen LogP contribution is -2.34. The van der Waals surface area contributed by atoms with Gasteiger partial charge < -0.3 is 10.4 Å². The number of rotatable bonds is 6. The van der Waals surface area contributed by atoms with Crippen molar-refractivity contribution in [2.24, 2.45) is 5.41 Å². The van der Waals surface area contributed by atoms with E-state index in [4.69, 9.17) is 5.11 Å². The van der Waals surface area contributed by atoms with Gasteiger partial charge in [-0.15, -0.1) is 5.10 Å². The Morgan fingerprint density at radius 1 is 1.30 bits per heavy atom. The number of amides is 1. The van der Waals surface area contributed by atoms with E-state index in [0.29, 0.717) is 11.4 Å². The molecule has 0 aromatic carbocycles. The van der Waals surface area contributed by atoms with E-state index < -0.39 is 0 Å². The van der Waals surface area contributed by atoms with Gasteiger partial charge in [-0.25, -0.2) is 0 Å². The van der Waals surface area contributed by atoms with Gasteiger partial charge in [0.2, 0.25) is 0 Å². The second-order valence-electron chi connectivity index (χ2n) is 6.87. The molecule has 0 aliphatic carbocycles. The lowest BCUT2D eigenvalue weighted by atomic mass is 9.87. The van der Waals surface area contributed by atoms with Crippen LogP contribution in [0.2, 0.25) is 0 Å². The van der Waals surface area contributed by atoms with Gasteiger partial charge in [-0.1, -0.05) is 39.1 Å². The fraction of sp³-hybridized carbons (Fsp3) is 0.786. The van der Waals surface area contributed by atoms with Crippen LogP contribution >= 0.6 is 11.5 Å². The predicted molar refractivity (Wildman–Crippen MR) is 81.0 cm³/mol. The van der Waals surface area contributed by atoms with Crippen molar-refractivity contribution in [3.8, 4) is 0 Å². The summed E-state index contributed by atoms with van der Waals surface area (Å²) in [6, 6.07) is 0. The first-order valence-corrected chi connectivity index (χ1v) is 7.66. The fourth-order valence-corrected chi connectivity index (χ4v) is 2.67. The Hall–Kier alpha value is -1.01. The van der Waals surface area contributed by atoms with Crippen LogP contribution < -0.4 is 5.32 Å². The average molecular weight is 299 g/mol. The molecule has 0 aliphatic heterocycles. The molecule has 0 fully saturated rings. The number of carbonyl (C=O) groups is 1. The van der Waals surface area contributed by atoms with Gasteiger partial charge in [0.05, 0.1) is 5.69 Å². The molecule has 6 heteroatoms. The largest absolute Gasteiger partial charge is 0.396 e. The topological polar surface area (TPSA) is 75.1 Å². The molecular formula is C14H25N3O2S. The lowest BCUT2D eigenvalue weighted by Gasteiger charge is -2.24. The van der Waals surface area contributed by atoms with Gasteiger partial charge in [-0.05, 0) is 29.8 Å². The predicted octanol–water partition coefficient (Wildman–Crippen LogP) is 2.36. The molecule has 0 bridgehead atoms. The first kappa shape index (κ1) is 17.0. The lowest BCUT2D eigenvalue weighted by molar-refractivity contribution is 0.0934. The van der Waals surface area contributed by atoms with Crippen molar-refractivity contribution in [2.75, 3.05) is 13.2 Å². The second kappa shape index (κ2) is 6.63. The van der Waals surface area contributed by atoms with Crippen molar-refractivity contribution in [2.45, 2.75) is 52.9 Å². The minimum absolute atomic E-state index is 0.0294. The molecule has 2 N–H and O–H groups in total. The summed E-state index contributed by atoms with van der Waals surface area (Å²) in [5.74, 6) is -0.109. The zero-order valence-corrected chi connectivity index (χ0v) is 13.8. The molecule has 0 unspecified atom stereocenters. The summed E-state index contributed by atoms with van der Waals surface area (Å²) in [7, 11) is 0. The highest BCUT2D eigenvalue weighted by Crippen LogP contribution is 2.26. The average Bonchev–Trinajstić information content (AvgIpc) is 2.82. The fourth-order valence-electron chi connectivity index (χ4n) is 1.88. The van der Waals surface area contributed by atoms with Gasteiger partial charge in [0.15, 0.2) is 0 Å². The molecule has 114 valence electrons. The molecule has 0 radical (unpaired) electrons. The smallest absolute Gasteiger partial charge is 0.264 e. The molecule has 1 aromatic heterocycles. The number of aromatic nitrogens is 2. The number of nitrogens with zero attached hydrogens (tertiary/aromatic N) is 2. The van der Waals surface area contributed by atoms with E-state index in [-0.39, 0.29) is 23.3 Å². The Morgan fingerprint density at radius 3 is 2.50 bits per heavy atom. The first-order valence-electron chi connectivity index (χ1n) is 6.89. The van der Waals surface area contributed by atoms with E-state index in [9.17, 15) is 4.79 Å². The number of hydrogen-bond donors (Lipinski definition) is 2. The highest BCUT2D eigenvalue weighted by Gasteiger charge is 2.27. The Balaban J connectivity index is 2.67. The third-order valence-corrected chi connectivity index (χ3v) is 3.87. The van der Waals surface area contributed by atoms with Crippen molar-refractivity contribution in [3.05, 3.63) is 10.6 Å². The second-order valence-corrected chi connectivity index (χ2v) is 7.63. The summed E-state index contributed by atoms with van der Waals surface area (Å²) in [6.07, 6.45) is 1.62. The molecule has 0 aliphatic rings. The standard InChI is InChI=1S/C14H25N3O2S/c1-13(2,3)11-10(20-17-16-11)12(19)15-9-14(4,5)7-6-8-18/h18H,6-9H2,1-5H3,(H,15,19). The number of carbonyl (C=O) groups excluding carboxylic acids is 1. The van der Waals surface area contributed by atoms with E-state index in [1.807, 2.05) is 20.8 Å². The van der Waals surface area contributed by atoms with E-state index in [1.54, 1.807) is 0 Å². The molecular weight excluding hydrogens is 274 g/mol. The van der Waals surface area contributed by atoms with Gasteiger partial charge >= 0.3 is 0 Å². The zero-order valence-electron chi connectivity index (χ0n) is 13.0. The van der Waals surface area contributed by atoms with Gasteiger partial charge in [-0.2, -0.15) is 0 Å². The van der Waals surface area contributed by atoms with Gasteiger partial charge in [0.25, 0.3) is 5.91 Å². The van der Waals surface area contributed by atoms with Crippen LogP contribution in [0.15, 0.2) is 0 Å². The van der Waals surface area contributed by atoms with Crippen LogP contribution in [0, 0.1) is 5.41 Å². The molecule has 1 heterocycles. The van der Waals surface area contributed by atoms with E-state index in [1.165, 1.54) is 0 Å². The quantitative estimate of drug-likeness (QED) is 0.845. The molecule has 1 rings (SSSR count). The molecule has 0 atom stereocenters. The Kier molecular flexibility index (Phi) is 5.65. The maximum Gasteiger partial charge on any atom is 0.264 e. The maximum atomic E-state index is 12.3. The third kappa shape index (κ3) is 4.83. The number of aliphatic hydroxyl groups excluding tert-OH is 1. The van der Waals surface area contributed by atoms with Crippen LogP contribution in [-0.4, -0.2) is 33.8 Å². The van der Waals surface area contributed by atoms with Crippen LogP contribution in [0.3, 0.4) is 0 Å². The SMILES string of the molecule is CC(C)(CCCO)CNC(=O)c1snnc1C(C)(C)C. The number of nitrogens with one attached hydrogen (secondary N) is 1. The van der Waals surface area contributed by atoms with Crippen molar-refractivity contribution in [1.82, 2.24) is 14.9 Å². The normalized spacial score (nSPS) is 12.5. The molecule has 5 nitrogen and oxygen atoms in total. The van der Waals surface area contributed by atoms with Gasteiger partial charge in [-0.3, -0.25) is 4.79 Å². The maximum absolute atomic E-state index is 12.3. The number of hydrogen-bond acceptors (Lipinski definition) is 5. The van der Waals surface area contributed by atoms with Crippen molar-refractivity contribution in [3.63, 3.8) is 0 Å². The van der Waals surface area contributed by atoms with Crippen LogP contribution in [0.4, 0.5) is 0 Å².